The maximum Gasteiger partial charge on any atom is 0.410 e. The number of nitrogens with zero attached hydrogens (tertiary/aromatic N) is 1. The number of likely N-dealkylation sites (tertiary alicyclic amines) is 1. The Kier molecular flexibility index (Phi) is 4.08. The maximum absolute atomic E-state index is 12.1. The number of fused-ring (bicyclic) bond motifs is 1. The van der Waals surface area contributed by atoms with Crippen LogP contribution in [0.5, 0.6) is 0 Å². The number of hydrogen-bond acceptors (Lipinski definition) is 3. The van der Waals surface area contributed by atoms with Crippen LogP contribution in [0.1, 0.15) is 18.4 Å². The van der Waals surface area contributed by atoms with Crippen LogP contribution in [-0.2, 0) is 16.1 Å². The molecule has 112 valence electrons. The van der Waals surface area contributed by atoms with Crippen molar-refractivity contribution in [1.82, 2.24) is 10.2 Å². The fraction of sp³-hybridized carbons (Fsp3) is 0.500. The molecule has 2 atom stereocenters. The molecule has 0 unspecified atom stereocenters. The Balaban J connectivity index is 1.52. The van der Waals surface area contributed by atoms with E-state index in [-0.39, 0.29) is 17.9 Å². The molecular formula is C16H20N2O3. The molecular weight excluding hydrogens is 268 g/mol. The van der Waals surface area contributed by atoms with Crippen LogP contribution in [0.2, 0.25) is 0 Å². The van der Waals surface area contributed by atoms with Gasteiger partial charge in [0.1, 0.15) is 6.61 Å². The SMILES string of the molecule is O=C1NC[C@H]2CCN(C(=O)OCc3ccccc3)CC[C@H]12. The van der Waals surface area contributed by atoms with Crippen LogP contribution in [0.15, 0.2) is 30.3 Å². The lowest BCUT2D eigenvalue weighted by Crippen LogP contribution is -2.33. The van der Waals surface area contributed by atoms with E-state index in [4.69, 9.17) is 4.74 Å². The molecule has 2 heterocycles. The van der Waals surface area contributed by atoms with E-state index >= 15 is 0 Å². The summed E-state index contributed by atoms with van der Waals surface area (Å²) in [6.45, 7) is 2.31. The molecule has 2 saturated heterocycles. The molecule has 0 aliphatic carbocycles. The summed E-state index contributed by atoms with van der Waals surface area (Å²) in [5.41, 5.74) is 0.983. The summed E-state index contributed by atoms with van der Waals surface area (Å²) in [5.74, 6) is 0.570. The Labute approximate surface area is 124 Å². The second-order valence-corrected chi connectivity index (χ2v) is 5.72. The molecule has 2 aliphatic rings. The second-order valence-electron chi connectivity index (χ2n) is 5.72. The predicted molar refractivity (Wildman–Crippen MR) is 77.4 cm³/mol. The van der Waals surface area contributed by atoms with Crippen molar-refractivity contribution in [3.05, 3.63) is 35.9 Å². The minimum absolute atomic E-state index is 0.0666. The van der Waals surface area contributed by atoms with Crippen LogP contribution in [0.25, 0.3) is 0 Å². The predicted octanol–water partition coefficient (Wildman–Crippen LogP) is 1.78. The van der Waals surface area contributed by atoms with Gasteiger partial charge in [-0.1, -0.05) is 30.3 Å². The van der Waals surface area contributed by atoms with Gasteiger partial charge in [-0.2, -0.15) is 0 Å². The lowest BCUT2D eigenvalue weighted by molar-refractivity contribution is -0.123. The fourth-order valence-corrected chi connectivity index (χ4v) is 3.11. The number of hydrogen-bond donors (Lipinski definition) is 1. The minimum Gasteiger partial charge on any atom is -0.445 e. The van der Waals surface area contributed by atoms with Gasteiger partial charge in [0.2, 0.25) is 5.91 Å². The molecule has 2 aliphatic heterocycles. The van der Waals surface area contributed by atoms with Crippen molar-refractivity contribution in [2.75, 3.05) is 19.6 Å². The van der Waals surface area contributed by atoms with E-state index in [1.165, 1.54) is 0 Å². The van der Waals surface area contributed by atoms with Gasteiger partial charge >= 0.3 is 6.09 Å². The smallest absolute Gasteiger partial charge is 0.410 e. The van der Waals surface area contributed by atoms with Crippen LogP contribution in [-0.4, -0.2) is 36.5 Å². The minimum atomic E-state index is -0.278. The van der Waals surface area contributed by atoms with E-state index < -0.39 is 0 Å². The third-order valence-corrected chi connectivity index (χ3v) is 4.39. The summed E-state index contributed by atoms with van der Waals surface area (Å²) in [4.78, 5) is 25.6. The molecule has 2 amide bonds. The highest BCUT2D eigenvalue weighted by atomic mass is 16.6. The Bertz CT molecular complexity index is 518. The molecule has 0 bridgehead atoms. The molecule has 21 heavy (non-hydrogen) atoms. The molecule has 0 saturated carbocycles. The van der Waals surface area contributed by atoms with Gasteiger partial charge in [0.05, 0.1) is 0 Å². The molecule has 0 aromatic heterocycles. The Hall–Kier alpha value is -2.04. The van der Waals surface area contributed by atoms with Gasteiger partial charge in [-0.05, 0) is 24.3 Å². The lowest BCUT2D eigenvalue weighted by atomic mass is 9.91. The van der Waals surface area contributed by atoms with E-state index in [0.717, 1.165) is 24.9 Å². The summed E-state index contributed by atoms with van der Waals surface area (Å²) in [5, 5.41) is 2.91. The van der Waals surface area contributed by atoms with Crippen molar-refractivity contribution in [3.63, 3.8) is 0 Å². The Morgan fingerprint density at radius 1 is 1.24 bits per heavy atom. The third-order valence-electron chi connectivity index (χ3n) is 4.39. The zero-order chi connectivity index (χ0) is 14.7. The van der Waals surface area contributed by atoms with Crippen molar-refractivity contribution in [2.45, 2.75) is 19.4 Å². The highest BCUT2D eigenvalue weighted by Gasteiger charge is 2.37. The number of carbonyl (C=O) groups excluding carboxylic acids is 2. The highest BCUT2D eigenvalue weighted by molar-refractivity contribution is 5.81. The average Bonchev–Trinajstić information content (AvgIpc) is 2.74. The molecule has 3 rings (SSSR count). The van der Waals surface area contributed by atoms with Gasteiger partial charge in [-0.15, -0.1) is 0 Å². The lowest BCUT2D eigenvalue weighted by Gasteiger charge is -2.20. The zero-order valence-electron chi connectivity index (χ0n) is 12.0. The molecule has 2 fully saturated rings. The first-order valence-corrected chi connectivity index (χ1v) is 7.47. The van der Waals surface area contributed by atoms with Gasteiger partial charge in [-0.3, -0.25) is 4.79 Å². The number of carbonyl (C=O) groups is 2. The molecule has 1 N–H and O–H groups in total. The quantitative estimate of drug-likeness (QED) is 0.902. The molecule has 0 spiro atoms. The number of amides is 2. The molecule has 1 aromatic rings. The van der Waals surface area contributed by atoms with Gasteiger partial charge in [0.15, 0.2) is 0 Å². The topological polar surface area (TPSA) is 58.6 Å². The van der Waals surface area contributed by atoms with Crippen molar-refractivity contribution in [1.29, 1.82) is 0 Å². The maximum atomic E-state index is 12.1. The molecule has 1 aromatic carbocycles. The first-order valence-electron chi connectivity index (χ1n) is 7.47. The second kappa shape index (κ2) is 6.16. The van der Waals surface area contributed by atoms with E-state index in [1.54, 1.807) is 4.90 Å². The number of nitrogens with one attached hydrogen (secondary N) is 1. The van der Waals surface area contributed by atoms with E-state index in [1.807, 2.05) is 30.3 Å². The summed E-state index contributed by atoms with van der Waals surface area (Å²) in [6, 6.07) is 9.66. The largest absolute Gasteiger partial charge is 0.445 e. The van der Waals surface area contributed by atoms with Crippen molar-refractivity contribution >= 4 is 12.0 Å². The zero-order valence-corrected chi connectivity index (χ0v) is 12.0. The summed E-state index contributed by atoms with van der Waals surface area (Å²) in [7, 11) is 0. The number of rotatable bonds is 2. The van der Waals surface area contributed by atoms with Crippen LogP contribution in [0, 0.1) is 11.8 Å². The van der Waals surface area contributed by atoms with Gasteiger partial charge in [-0.25, -0.2) is 4.79 Å². The summed E-state index contributed by atoms with van der Waals surface area (Å²) >= 11 is 0. The first-order chi connectivity index (χ1) is 10.2. The van der Waals surface area contributed by atoms with Gasteiger partial charge in [0, 0.05) is 25.6 Å². The first kappa shape index (κ1) is 13.9. The fourth-order valence-electron chi connectivity index (χ4n) is 3.11. The van der Waals surface area contributed by atoms with Crippen LogP contribution < -0.4 is 5.32 Å². The van der Waals surface area contributed by atoms with Crippen LogP contribution in [0.4, 0.5) is 4.79 Å². The van der Waals surface area contributed by atoms with Gasteiger partial charge < -0.3 is 15.0 Å². The Morgan fingerprint density at radius 3 is 2.81 bits per heavy atom. The Morgan fingerprint density at radius 2 is 2.00 bits per heavy atom. The standard InChI is InChI=1S/C16H20N2O3/c19-15-14-7-9-18(8-6-13(14)10-17-15)16(20)21-11-12-4-2-1-3-5-12/h1-5,13-14H,6-11H2,(H,17,19)/t13-,14+/m1/s1. The monoisotopic (exact) mass is 288 g/mol. The van der Waals surface area contributed by atoms with Crippen molar-refractivity contribution in [3.8, 4) is 0 Å². The van der Waals surface area contributed by atoms with Gasteiger partial charge in [0.25, 0.3) is 0 Å². The van der Waals surface area contributed by atoms with Crippen molar-refractivity contribution in [2.24, 2.45) is 11.8 Å². The number of ether oxygens (including phenoxy) is 1. The highest BCUT2D eigenvalue weighted by Crippen LogP contribution is 2.28. The molecule has 5 nitrogen and oxygen atoms in total. The van der Waals surface area contributed by atoms with E-state index in [9.17, 15) is 9.59 Å². The summed E-state index contributed by atoms with van der Waals surface area (Å²) < 4.78 is 5.36. The summed E-state index contributed by atoms with van der Waals surface area (Å²) in [6.07, 6.45) is 1.32. The van der Waals surface area contributed by atoms with Crippen LogP contribution >= 0.6 is 0 Å². The third kappa shape index (κ3) is 3.17. The van der Waals surface area contributed by atoms with Crippen LogP contribution in [0.3, 0.4) is 0 Å². The normalized spacial score (nSPS) is 25.0. The van der Waals surface area contributed by atoms with E-state index in [2.05, 4.69) is 5.32 Å². The molecule has 0 radical (unpaired) electrons. The molecule has 5 heteroatoms. The number of benzene rings is 1. The van der Waals surface area contributed by atoms with E-state index in [0.29, 0.717) is 25.6 Å². The average molecular weight is 288 g/mol. The van der Waals surface area contributed by atoms with Crippen molar-refractivity contribution < 1.29 is 14.3 Å².